The number of Topliss-reactive ketones (excluding diaryl/α,β-unsaturated/α-hetero) is 1. The Hall–Kier alpha value is -2.88. The van der Waals surface area contributed by atoms with Gasteiger partial charge in [0.1, 0.15) is 11.5 Å². The van der Waals surface area contributed by atoms with Crippen LogP contribution < -0.4 is 14.4 Å². The molecule has 1 N–H and O–H groups in total. The van der Waals surface area contributed by atoms with Crippen molar-refractivity contribution in [2.24, 2.45) is 17.8 Å². The highest BCUT2D eigenvalue weighted by Gasteiger charge is 2.49. The lowest BCUT2D eigenvalue weighted by Gasteiger charge is -2.50. The molecule has 0 aromatic heterocycles. The fourth-order valence-electron chi connectivity index (χ4n) is 8.27. The average Bonchev–Trinajstić information content (AvgIpc) is 3.18. The van der Waals surface area contributed by atoms with E-state index in [1.807, 2.05) is 32.1 Å². The summed E-state index contributed by atoms with van der Waals surface area (Å²) in [6, 6.07) is 11.4. The van der Waals surface area contributed by atoms with E-state index in [0.717, 1.165) is 42.8 Å². The van der Waals surface area contributed by atoms with Crippen LogP contribution in [-0.2, 0) is 31.4 Å². The number of anilines is 1. The molecule has 4 aliphatic rings. The minimum absolute atomic E-state index is 0.0936. The van der Waals surface area contributed by atoms with Crippen LogP contribution >= 0.6 is 11.6 Å². The van der Waals surface area contributed by atoms with Crippen molar-refractivity contribution in [2.45, 2.75) is 88.4 Å². The smallest absolute Gasteiger partial charge is 0.264 e. The van der Waals surface area contributed by atoms with E-state index >= 15 is 0 Å². The summed E-state index contributed by atoms with van der Waals surface area (Å²) in [6.07, 6.45) is 9.98. The number of hydrogen-bond donors (Lipinski definition) is 1. The monoisotopic (exact) mass is 682 g/mol. The Morgan fingerprint density at radius 3 is 2.70 bits per heavy atom. The highest BCUT2D eigenvalue weighted by atomic mass is 35.5. The largest absolute Gasteiger partial charge is 0.490 e. The second-order valence-electron chi connectivity index (χ2n) is 14.3. The van der Waals surface area contributed by atoms with Gasteiger partial charge in [0.15, 0.2) is 0 Å². The molecule has 1 saturated carbocycles. The van der Waals surface area contributed by atoms with Gasteiger partial charge in [-0.1, -0.05) is 43.7 Å². The van der Waals surface area contributed by atoms with Crippen LogP contribution in [0.4, 0.5) is 5.69 Å². The van der Waals surface area contributed by atoms with Gasteiger partial charge in [-0.2, -0.15) is 0 Å². The van der Waals surface area contributed by atoms with E-state index in [1.165, 1.54) is 11.1 Å². The highest BCUT2D eigenvalue weighted by molar-refractivity contribution is 7.90. The lowest BCUT2D eigenvalue weighted by atomic mass is 9.62. The Bertz CT molecular complexity index is 1680. The van der Waals surface area contributed by atoms with Gasteiger partial charge in [0.2, 0.25) is 10.0 Å². The lowest BCUT2D eigenvalue weighted by molar-refractivity contribution is -0.130. The minimum Gasteiger partial charge on any atom is -0.490 e. The van der Waals surface area contributed by atoms with Crippen molar-refractivity contribution < 1.29 is 27.5 Å². The van der Waals surface area contributed by atoms with Gasteiger partial charge < -0.3 is 14.4 Å². The second-order valence-corrected chi connectivity index (χ2v) is 16.7. The minimum atomic E-state index is -3.98. The van der Waals surface area contributed by atoms with Crippen molar-refractivity contribution in [3.63, 3.8) is 0 Å². The van der Waals surface area contributed by atoms with Crippen LogP contribution in [0.1, 0.15) is 87.2 Å². The van der Waals surface area contributed by atoms with E-state index in [-0.39, 0.29) is 40.9 Å². The normalized spacial score (nSPS) is 32.5. The van der Waals surface area contributed by atoms with E-state index in [0.29, 0.717) is 38.3 Å². The molecule has 6 atom stereocenters. The van der Waals surface area contributed by atoms with Crippen molar-refractivity contribution in [3.05, 3.63) is 70.3 Å². The number of allylic oxidation sites excluding steroid dienone is 1. The number of nitrogens with one attached hydrogen (secondary N) is 1. The molecule has 8 nitrogen and oxygen atoms in total. The fraction of sp³-hybridized carbons (Fsp3) is 0.568. The van der Waals surface area contributed by atoms with Crippen LogP contribution in [-0.4, -0.2) is 57.8 Å². The number of carbonyl (C=O) groups is 2. The number of halogens is 1. The maximum Gasteiger partial charge on any atom is 0.264 e. The van der Waals surface area contributed by atoms with Crippen LogP contribution in [0.5, 0.6) is 5.75 Å². The Morgan fingerprint density at radius 1 is 1.17 bits per heavy atom. The van der Waals surface area contributed by atoms with E-state index < -0.39 is 26.8 Å². The molecule has 2 aromatic rings. The number of carbonyl (C=O) groups excluding carboxylic acids is 2. The Balaban J connectivity index is 1.47. The molecule has 2 heterocycles. The molecule has 2 aromatic carbocycles. The van der Waals surface area contributed by atoms with Crippen molar-refractivity contribution >= 4 is 39.0 Å². The summed E-state index contributed by atoms with van der Waals surface area (Å²) in [5.41, 5.74) is 2.44. The molecule has 0 saturated heterocycles. The zero-order valence-corrected chi connectivity index (χ0v) is 29.5. The zero-order valence-electron chi connectivity index (χ0n) is 27.9. The number of fused-ring (bicyclic) bond motifs is 4. The molecule has 2 aliphatic heterocycles. The highest BCUT2D eigenvalue weighted by Crippen LogP contribution is 2.50. The molecular formula is C37H47ClN2O6S. The Kier molecular flexibility index (Phi) is 9.55. The van der Waals surface area contributed by atoms with Crippen molar-refractivity contribution in [1.82, 2.24) is 4.72 Å². The third-order valence-corrected chi connectivity index (χ3v) is 13.6. The maximum absolute atomic E-state index is 13.5. The average molecular weight is 683 g/mol. The molecule has 0 radical (unpaired) electrons. The second kappa shape index (κ2) is 13.2. The van der Waals surface area contributed by atoms with Gasteiger partial charge in [-0.25, -0.2) is 13.1 Å². The molecule has 1 amide bonds. The standard InChI is InChI=1S/C37H47ClN2O6S/c1-5-30(41)20-37(45-4)17-6-8-24(2)25(3)47(43,44)39-35(42)27-11-15-34-33(19-27)40(21-28-10-13-32(28)37)22-36(23-46-34)16-7-9-26-18-29(38)12-14-31(26)36/h6,11-12,14-15,17-19,24-25,28,32H,5,7-10,13,16,20-23H2,1-4H3,(H,39,42)/b17-6-/t24-,25+,28-,32+,36-,37+/m0/s1. The number of methoxy groups -OCH3 is 1. The number of benzene rings is 2. The third kappa shape index (κ3) is 6.47. The number of hydrogen-bond acceptors (Lipinski definition) is 7. The molecule has 2 bridgehead atoms. The van der Waals surface area contributed by atoms with E-state index in [4.69, 9.17) is 21.1 Å². The molecule has 2 aliphatic carbocycles. The number of sulfonamides is 1. The summed E-state index contributed by atoms with van der Waals surface area (Å²) in [7, 11) is -2.29. The first kappa shape index (κ1) is 34.0. The van der Waals surface area contributed by atoms with Crippen LogP contribution in [0.25, 0.3) is 0 Å². The number of nitrogens with zero attached hydrogens (tertiary/aromatic N) is 1. The summed E-state index contributed by atoms with van der Waals surface area (Å²) < 4.78 is 42.1. The fourth-order valence-corrected chi connectivity index (χ4v) is 9.75. The third-order valence-electron chi connectivity index (χ3n) is 11.5. The van der Waals surface area contributed by atoms with Gasteiger partial charge in [-0.05, 0) is 105 Å². The van der Waals surface area contributed by atoms with E-state index in [1.54, 1.807) is 32.2 Å². The number of ether oxygens (including phenoxy) is 2. The molecule has 47 heavy (non-hydrogen) atoms. The maximum atomic E-state index is 13.5. The molecule has 1 fully saturated rings. The molecule has 6 rings (SSSR count). The zero-order chi connectivity index (χ0) is 33.6. The summed E-state index contributed by atoms with van der Waals surface area (Å²) >= 11 is 6.44. The summed E-state index contributed by atoms with van der Waals surface area (Å²) in [5.74, 6) is 0.194. The topological polar surface area (TPSA) is 102 Å². The van der Waals surface area contributed by atoms with Gasteiger partial charge in [0.25, 0.3) is 5.91 Å². The quantitative estimate of drug-likeness (QED) is 0.361. The predicted octanol–water partition coefficient (Wildman–Crippen LogP) is 6.64. The van der Waals surface area contributed by atoms with E-state index in [9.17, 15) is 18.0 Å². The SMILES string of the molecule is CCC(=O)C[C@]1(OC)/C=C\C[C@H](C)[C@@H](C)S(=O)(=O)NC(=O)c2ccc3c(c2)N(C[C@@H]2CC[C@H]21)C[C@@]1(CCCc2cc(Cl)ccc21)CO3. The molecular weight excluding hydrogens is 636 g/mol. The predicted molar refractivity (Wildman–Crippen MR) is 185 cm³/mol. The van der Waals surface area contributed by atoms with E-state index in [2.05, 4.69) is 21.8 Å². The molecule has 0 unspecified atom stereocenters. The first-order valence-corrected chi connectivity index (χ1v) is 18.9. The van der Waals surface area contributed by atoms with Crippen molar-refractivity contribution in [1.29, 1.82) is 0 Å². The Morgan fingerprint density at radius 2 is 1.98 bits per heavy atom. The summed E-state index contributed by atoms with van der Waals surface area (Å²) in [4.78, 5) is 28.9. The molecule has 254 valence electrons. The van der Waals surface area contributed by atoms with Gasteiger partial charge >= 0.3 is 0 Å². The Labute approximate surface area is 284 Å². The van der Waals surface area contributed by atoms with Gasteiger partial charge in [0.05, 0.1) is 23.1 Å². The lowest BCUT2D eigenvalue weighted by Crippen LogP contribution is -2.53. The van der Waals surface area contributed by atoms with Gasteiger partial charge in [0, 0.05) is 49.0 Å². The summed E-state index contributed by atoms with van der Waals surface area (Å²) in [6.45, 7) is 7.20. The van der Waals surface area contributed by atoms with Crippen LogP contribution in [0.3, 0.4) is 0 Å². The van der Waals surface area contributed by atoms with Crippen molar-refractivity contribution in [2.75, 3.05) is 31.7 Å². The first-order chi connectivity index (χ1) is 22.4. The van der Waals surface area contributed by atoms with Gasteiger partial charge in [-0.15, -0.1) is 0 Å². The van der Waals surface area contributed by atoms with Gasteiger partial charge in [-0.3, -0.25) is 9.59 Å². The first-order valence-electron chi connectivity index (χ1n) is 17.0. The van der Waals surface area contributed by atoms with Crippen LogP contribution in [0.15, 0.2) is 48.6 Å². The van der Waals surface area contributed by atoms with Crippen molar-refractivity contribution in [3.8, 4) is 5.75 Å². The molecule has 10 heteroatoms. The number of ketones is 1. The number of aryl methyl sites for hydroxylation is 1. The van der Waals surface area contributed by atoms with Crippen LogP contribution in [0.2, 0.25) is 5.02 Å². The molecule has 1 spiro atoms. The number of rotatable bonds is 4. The summed E-state index contributed by atoms with van der Waals surface area (Å²) in [5, 5.41) is -0.101. The van der Waals surface area contributed by atoms with Crippen LogP contribution in [0, 0.1) is 17.8 Å². The number of amides is 1.